The first-order chi connectivity index (χ1) is 5.57. The van der Waals surface area contributed by atoms with Crippen molar-refractivity contribution >= 4 is 5.71 Å². The fourth-order valence-electron chi connectivity index (χ4n) is 0.651. The Balaban J connectivity index is 4.20. The highest BCUT2D eigenvalue weighted by atomic mass is 15.4. The zero-order valence-electron chi connectivity index (χ0n) is 8.04. The first-order valence-corrected chi connectivity index (χ1v) is 3.81. The van der Waals surface area contributed by atoms with Gasteiger partial charge in [-0.25, -0.2) is 0 Å². The first-order valence-electron chi connectivity index (χ1n) is 3.81. The van der Waals surface area contributed by atoms with Crippen LogP contribution in [0.3, 0.4) is 0 Å². The van der Waals surface area contributed by atoms with Crippen LogP contribution in [0.15, 0.2) is 42.2 Å². The molecule has 0 rings (SSSR count). The molecule has 0 unspecified atom stereocenters. The smallest absolute Gasteiger partial charge is 0.0518 e. The van der Waals surface area contributed by atoms with Crippen molar-refractivity contribution in [1.29, 1.82) is 0 Å². The van der Waals surface area contributed by atoms with Crippen LogP contribution in [0.2, 0.25) is 0 Å². The maximum atomic E-state index is 4.20. The van der Waals surface area contributed by atoms with E-state index in [-0.39, 0.29) is 0 Å². The number of allylic oxidation sites excluding steroid dienone is 3. The summed E-state index contributed by atoms with van der Waals surface area (Å²) in [6.45, 7) is 11.3. The summed E-state index contributed by atoms with van der Waals surface area (Å²) in [5, 5.41) is 5.93. The minimum atomic E-state index is 0.844. The maximum absolute atomic E-state index is 4.20. The van der Waals surface area contributed by atoms with Gasteiger partial charge in [0.2, 0.25) is 0 Å². The molecule has 0 radical (unpaired) electrons. The highest BCUT2D eigenvalue weighted by Gasteiger charge is 1.93. The molecule has 0 aliphatic rings. The number of likely N-dealkylation sites (N-methyl/N-ethyl adjacent to an activating group) is 1. The molecule has 66 valence electrons. The summed E-state index contributed by atoms with van der Waals surface area (Å²) in [6.07, 6.45) is 5.40. The third-order valence-corrected chi connectivity index (χ3v) is 1.19. The Morgan fingerprint density at radius 3 is 2.42 bits per heavy atom. The van der Waals surface area contributed by atoms with E-state index in [1.54, 1.807) is 11.1 Å². The van der Waals surface area contributed by atoms with E-state index in [1.807, 2.05) is 33.0 Å². The Hall–Kier alpha value is -1.31. The van der Waals surface area contributed by atoms with Crippen molar-refractivity contribution in [2.45, 2.75) is 13.8 Å². The van der Waals surface area contributed by atoms with Gasteiger partial charge in [-0.15, -0.1) is 0 Å². The summed E-state index contributed by atoms with van der Waals surface area (Å²) in [7, 11) is 1.86. The van der Waals surface area contributed by atoms with Gasteiger partial charge in [0.1, 0.15) is 0 Å². The zero-order valence-corrected chi connectivity index (χ0v) is 8.04. The lowest BCUT2D eigenvalue weighted by Crippen LogP contribution is -2.09. The molecule has 2 heteroatoms. The molecule has 0 heterocycles. The molecule has 2 nitrogen and oxygen atoms in total. The Morgan fingerprint density at radius 1 is 1.42 bits per heavy atom. The lowest BCUT2D eigenvalue weighted by atomic mass is 10.4. The Morgan fingerprint density at radius 2 is 2.00 bits per heavy atom. The summed E-state index contributed by atoms with van der Waals surface area (Å²) >= 11 is 0. The first kappa shape index (κ1) is 10.7. The molecular formula is C10H16N2. The van der Waals surface area contributed by atoms with Crippen LogP contribution >= 0.6 is 0 Å². The third-order valence-electron chi connectivity index (χ3n) is 1.19. The van der Waals surface area contributed by atoms with Gasteiger partial charge in [0.25, 0.3) is 0 Å². The molecule has 0 amide bonds. The van der Waals surface area contributed by atoms with Crippen molar-refractivity contribution < 1.29 is 0 Å². The Labute approximate surface area is 74.6 Å². The van der Waals surface area contributed by atoms with Gasteiger partial charge < -0.3 is 0 Å². The van der Waals surface area contributed by atoms with Crippen molar-refractivity contribution in [3.63, 3.8) is 0 Å². The molecule has 0 N–H and O–H groups in total. The van der Waals surface area contributed by atoms with Crippen molar-refractivity contribution in [3.05, 3.63) is 37.1 Å². The van der Waals surface area contributed by atoms with Gasteiger partial charge in [-0.05, 0) is 19.9 Å². The van der Waals surface area contributed by atoms with Crippen LogP contribution in [0.1, 0.15) is 13.8 Å². The van der Waals surface area contributed by atoms with Crippen molar-refractivity contribution in [1.82, 2.24) is 5.01 Å². The van der Waals surface area contributed by atoms with E-state index in [0.29, 0.717) is 0 Å². The summed E-state index contributed by atoms with van der Waals surface area (Å²) in [5.74, 6) is 0. The van der Waals surface area contributed by atoms with Crippen LogP contribution < -0.4 is 0 Å². The predicted molar refractivity (Wildman–Crippen MR) is 55.0 cm³/mol. The molecule has 0 bridgehead atoms. The number of hydrazone groups is 1. The second-order valence-electron chi connectivity index (χ2n) is 2.66. The molecule has 12 heavy (non-hydrogen) atoms. The van der Waals surface area contributed by atoms with Gasteiger partial charge in [-0.2, -0.15) is 5.10 Å². The SMILES string of the molecule is C=CC=CC(=C)N(C)N=C(C)C. The quantitative estimate of drug-likeness (QED) is 0.354. The van der Waals surface area contributed by atoms with Gasteiger partial charge in [-0.3, -0.25) is 5.01 Å². The van der Waals surface area contributed by atoms with Crippen molar-refractivity contribution in [2.24, 2.45) is 5.10 Å². The third kappa shape index (κ3) is 4.50. The summed E-state index contributed by atoms with van der Waals surface area (Å²) in [5.41, 5.74) is 1.85. The minimum Gasteiger partial charge on any atom is -0.269 e. The lowest BCUT2D eigenvalue weighted by molar-refractivity contribution is 0.462. The van der Waals surface area contributed by atoms with Crippen molar-refractivity contribution in [2.75, 3.05) is 7.05 Å². The maximum Gasteiger partial charge on any atom is 0.0518 e. The van der Waals surface area contributed by atoms with Gasteiger partial charge in [0, 0.05) is 12.8 Å². The van der Waals surface area contributed by atoms with Gasteiger partial charge >= 0.3 is 0 Å². The second-order valence-corrected chi connectivity index (χ2v) is 2.66. The van der Waals surface area contributed by atoms with E-state index in [2.05, 4.69) is 18.3 Å². The van der Waals surface area contributed by atoms with Gasteiger partial charge in [0.05, 0.1) is 5.70 Å². The Bertz CT molecular complexity index is 220. The van der Waals surface area contributed by atoms with E-state index >= 15 is 0 Å². The number of hydrogen-bond acceptors (Lipinski definition) is 2. The zero-order chi connectivity index (χ0) is 9.56. The van der Waals surface area contributed by atoms with Crippen LogP contribution in [0.4, 0.5) is 0 Å². The van der Waals surface area contributed by atoms with Crippen LogP contribution in [0.25, 0.3) is 0 Å². The van der Waals surface area contributed by atoms with Crippen LogP contribution in [0.5, 0.6) is 0 Å². The van der Waals surface area contributed by atoms with E-state index in [0.717, 1.165) is 11.4 Å². The molecular weight excluding hydrogens is 148 g/mol. The number of nitrogens with zero attached hydrogens (tertiary/aromatic N) is 2. The summed E-state index contributed by atoms with van der Waals surface area (Å²) < 4.78 is 0. The van der Waals surface area contributed by atoms with E-state index in [9.17, 15) is 0 Å². The molecule has 0 aliphatic heterocycles. The van der Waals surface area contributed by atoms with Crippen LogP contribution in [0, 0.1) is 0 Å². The van der Waals surface area contributed by atoms with E-state index in [4.69, 9.17) is 0 Å². The van der Waals surface area contributed by atoms with E-state index in [1.165, 1.54) is 0 Å². The van der Waals surface area contributed by atoms with Gasteiger partial charge in [-0.1, -0.05) is 25.3 Å². The standard InChI is InChI=1S/C10H16N2/c1-6-7-8-10(4)12(5)11-9(2)3/h6-8H,1,4H2,2-3,5H3. The van der Waals surface area contributed by atoms with Gasteiger partial charge in [0.15, 0.2) is 0 Å². The second kappa shape index (κ2) is 5.35. The molecule has 0 aromatic rings. The minimum absolute atomic E-state index is 0.844. The summed E-state index contributed by atoms with van der Waals surface area (Å²) in [4.78, 5) is 0. The average molecular weight is 164 g/mol. The molecule has 0 aliphatic carbocycles. The fourth-order valence-corrected chi connectivity index (χ4v) is 0.651. The average Bonchev–Trinajstić information content (AvgIpc) is 1.98. The predicted octanol–water partition coefficient (Wildman–Crippen LogP) is 2.57. The highest BCUT2D eigenvalue weighted by molar-refractivity contribution is 5.78. The normalized spacial score (nSPS) is 9.58. The topological polar surface area (TPSA) is 15.6 Å². The Kier molecular flexibility index (Phi) is 4.77. The van der Waals surface area contributed by atoms with E-state index < -0.39 is 0 Å². The molecule has 0 spiro atoms. The molecule has 0 saturated heterocycles. The largest absolute Gasteiger partial charge is 0.269 e. The van der Waals surface area contributed by atoms with Crippen LogP contribution in [-0.2, 0) is 0 Å². The number of hydrogen-bond donors (Lipinski definition) is 0. The number of rotatable bonds is 4. The molecule has 0 atom stereocenters. The van der Waals surface area contributed by atoms with Crippen LogP contribution in [-0.4, -0.2) is 17.8 Å². The molecule has 0 aromatic heterocycles. The fraction of sp³-hybridized carbons (Fsp3) is 0.300. The molecule has 0 aromatic carbocycles. The molecule has 0 fully saturated rings. The highest BCUT2D eigenvalue weighted by Crippen LogP contribution is 2.00. The van der Waals surface area contributed by atoms with Crippen molar-refractivity contribution in [3.8, 4) is 0 Å². The monoisotopic (exact) mass is 164 g/mol. The lowest BCUT2D eigenvalue weighted by Gasteiger charge is -2.12. The molecule has 0 saturated carbocycles. The summed E-state index contributed by atoms with van der Waals surface area (Å²) in [6, 6.07) is 0.